The molecule has 0 aromatic carbocycles. The van der Waals surface area contributed by atoms with Crippen LogP contribution in [-0.2, 0) is 6.42 Å². The fourth-order valence-electron chi connectivity index (χ4n) is 1.50. The molecule has 1 N–H and O–H groups in total. The Kier molecular flexibility index (Phi) is 4.25. The molecule has 0 aliphatic rings. The molecule has 2 aromatic rings. The highest BCUT2D eigenvalue weighted by atomic mass is 35.5. The van der Waals surface area contributed by atoms with Crippen LogP contribution in [0.1, 0.15) is 16.1 Å². The second-order valence-electron chi connectivity index (χ2n) is 3.69. The van der Waals surface area contributed by atoms with Crippen molar-refractivity contribution in [2.45, 2.75) is 6.42 Å². The van der Waals surface area contributed by atoms with Gasteiger partial charge in [0.05, 0.1) is 0 Å². The van der Waals surface area contributed by atoms with E-state index in [9.17, 15) is 4.79 Å². The lowest BCUT2D eigenvalue weighted by Gasteiger charge is -2.04. The van der Waals surface area contributed by atoms with Crippen molar-refractivity contribution in [2.75, 3.05) is 6.54 Å². The highest BCUT2D eigenvalue weighted by Gasteiger charge is 2.05. The van der Waals surface area contributed by atoms with Crippen LogP contribution in [0.4, 0.5) is 0 Å². The predicted molar refractivity (Wildman–Crippen MR) is 69.5 cm³/mol. The number of hydrogen-bond donors (Lipinski definition) is 1. The Bertz CT molecular complexity index is 531. The van der Waals surface area contributed by atoms with Crippen molar-refractivity contribution in [1.29, 1.82) is 0 Å². The first-order valence-electron chi connectivity index (χ1n) is 5.55. The Morgan fingerprint density at radius 1 is 1.22 bits per heavy atom. The summed E-state index contributed by atoms with van der Waals surface area (Å²) in [5.74, 6) is -0.157. The van der Waals surface area contributed by atoms with Crippen molar-refractivity contribution in [2.24, 2.45) is 0 Å². The van der Waals surface area contributed by atoms with Gasteiger partial charge in [0.2, 0.25) is 0 Å². The van der Waals surface area contributed by atoms with E-state index in [0.717, 1.165) is 5.69 Å². The number of nitrogens with one attached hydrogen (secondary N) is 1. The SMILES string of the molecule is O=C(NCCc1ccccn1)c1ccnc(Cl)c1. The number of carbonyl (C=O) groups is 1. The van der Waals surface area contributed by atoms with Crippen molar-refractivity contribution < 1.29 is 4.79 Å². The lowest BCUT2D eigenvalue weighted by atomic mass is 10.2. The third-order valence-electron chi connectivity index (χ3n) is 2.38. The normalized spacial score (nSPS) is 10.1. The Hall–Kier alpha value is -1.94. The van der Waals surface area contributed by atoms with Crippen LogP contribution in [0, 0.1) is 0 Å². The van der Waals surface area contributed by atoms with Crippen LogP contribution in [-0.4, -0.2) is 22.4 Å². The Morgan fingerprint density at radius 2 is 2.11 bits per heavy atom. The number of rotatable bonds is 4. The molecule has 0 atom stereocenters. The predicted octanol–water partition coefficient (Wildman–Crippen LogP) is 2.10. The molecule has 4 nitrogen and oxygen atoms in total. The lowest BCUT2D eigenvalue weighted by molar-refractivity contribution is 0.0954. The number of carbonyl (C=O) groups excluding carboxylic acids is 1. The third-order valence-corrected chi connectivity index (χ3v) is 2.59. The van der Waals surface area contributed by atoms with Gasteiger partial charge in [-0.2, -0.15) is 0 Å². The summed E-state index contributed by atoms with van der Waals surface area (Å²) in [7, 11) is 0. The molecule has 2 rings (SSSR count). The Balaban J connectivity index is 1.86. The summed E-state index contributed by atoms with van der Waals surface area (Å²) in [6.07, 6.45) is 3.95. The van der Waals surface area contributed by atoms with E-state index in [2.05, 4.69) is 15.3 Å². The summed E-state index contributed by atoms with van der Waals surface area (Å²) in [6.45, 7) is 0.537. The molecule has 2 heterocycles. The van der Waals surface area contributed by atoms with E-state index in [1.807, 2.05) is 18.2 Å². The van der Waals surface area contributed by atoms with Crippen molar-refractivity contribution in [1.82, 2.24) is 15.3 Å². The van der Waals surface area contributed by atoms with E-state index < -0.39 is 0 Å². The van der Waals surface area contributed by atoms with Gasteiger partial charge in [-0.1, -0.05) is 17.7 Å². The molecule has 92 valence electrons. The zero-order chi connectivity index (χ0) is 12.8. The number of nitrogens with zero attached hydrogens (tertiary/aromatic N) is 2. The maximum absolute atomic E-state index is 11.8. The largest absolute Gasteiger partial charge is 0.352 e. The number of halogens is 1. The van der Waals surface area contributed by atoms with Gasteiger partial charge in [0, 0.05) is 36.6 Å². The molecular weight excluding hydrogens is 250 g/mol. The van der Waals surface area contributed by atoms with Gasteiger partial charge in [-0.15, -0.1) is 0 Å². The maximum atomic E-state index is 11.8. The minimum atomic E-state index is -0.157. The zero-order valence-electron chi connectivity index (χ0n) is 9.64. The number of pyridine rings is 2. The first-order valence-corrected chi connectivity index (χ1v) is 5.93. The molecule has 0 radical (unpaired) electrons. The average Bonchev–Trinajstić information content (AvgIpc) is 2.40. The fourth-order valence-corrected chi connectivity index (χ4v) is 1.67. The van der Waals surface area contributed by atoms with Crippen LogP contribution in [0.3, 0.4) is 0 Å². The standard InChI is InChI=1S/C13H12ClN3O/c14-12-9-10(4-7-16-12)13(18)17-8-5-11-3-1-2-6-15-11/h1-4,6-7,9H,5,8H2,(H,17,18). The number of aromatic nitrogens is 2. The molecular formula is C13H12ClN3O. The topological polar surface area (TPSA) is 54.9 Å². The molecule has 0 unspecified atom stereocenters. The van der Waals surface area contributed by atoms with Crippen LogP contribution in [0.25, 0.3) is 0 Å². The quantitative estimate of drug-likeness (QED) is 0.858. The Morgan fingerprint density at radius 3 is 2.83 bits per heavy atom. The van der Waals surface area contributed by atoms with Crippen molar-refractivity contribution in [3.8, 4) is 0 Å². The molecule has 0 spiro atoms. The van der Waals surface area contributed by atoms with Crippen molar-refractivity contribution in [3.63, 3.8) is 0 Å². The van der Waals surface area contributed by atoms with E-state index in [-0.39, 0.29) is 5.91 Å². The first-order chi connectivity index (χ1) is 8.75. The molecule has 2 aromatic heterocycles. The highest BCUT2D eigenvalue weighted by Crippen LogP contribution is 2.06. The van der Waals surface area contributed by atoms with E-state index in [4.69, 9.17) is 11.6 Å². The van der Waals surface area contributed by atoms with Crippen LogP contribution < -0.4 is 5.32 Å². The fraction of sp³-hybridized carbons (Fsp3) is 0.154. The maximum Gasteiger partial charge on any atom is 0.251 e. The highest BCUT2D eigenvalue weighted by molar-refractivity contribution is 6.29. The van der Waals surface area contributed by atoms with Gasteiger partial charge in [-0.3, -0.25) is 9.78 Å². The average molecular weight is 262 g/mol. The summed E-state index contributed by atoms with van der Waals surface area (Å²) in [6, 6.07) is 8.88. The van der Waals surface area contributed by atoms with Gasteiger partial charge < -0.3 is 5.32 Å². The molecule has 0 fully saturated rings. The first kappa shape index (κ1) is 12.5. The zero-order valence-corrected chi connectivity index (χ0v) is 10.4. The smallest absolute Gasteiger partial charge is 0.251 e. The van der Waals surface area contributed by atoms with Crippen LogP contribution >= 0.6 is 11.6 Å². The van der Waals surface area contributed by atoms with Crippen LogP contribution in [0.15, 0.2) is 42.7 Å². The van der Waals surface area contributed by atoms with Crippen molar-refractivity contribution in [3.05, 3.63) is 59.1 Å². The molecule has 0 saturated heterocycles. The van der Waals surface area contributed by atoms with E-state index >= 15 is 0 Å². The number of amides is 1. The van der Waals surface area contributed by atoms with E-state index in [1.54, 1.807) is 12.3 Å². The molecule has 0 aliphatic carbocycles. The summed E-state index contributed by atoms with van der Waals surface area (Å²) in [4.78, 5) is 19.8. The van der Waals surface area contributed by atoms with Crippen LogP contribution in [0.2, 0.25) is 5.15 Å². The summed E-state index contributed by atoms with van der Waals surface area (Å²) in [5, 5.41) is 3.12. The molecule has 18 heavy (non-hydrogen) atoms. The van der Waals surface area contributed by atoms with E-state index in [0.29, 0.717) is 23.7 Å². The minimum absolute atomic E-state index is 0.157. The third kappa shape index (κ3) is 3.53. The second kappa shape index (κ2) is 6.12. The summed E-state index contributed by atoms with van der Waals surface area (Å²) >= 11 is 5.72. The van der Waals surface area contributed by atoms with Gasteiger partial charge in [0.25, 0.3) is 5.91 Å². The summed E-state index contributed by atoms with van der Waals surface area (Å²) < 4.78 is 0. The lowest BCUT2D eigenvalue weighted by Crippen LogP contribution is -2.25. The minimum Gasteiger partial charge on any atom is -0.352 e. The van der Waals surface area contributed by atoms with Gasteiger partial charge in [0.1, 0.15) is 5.15 Å². The molecule has 0 bridgehead atoms. The summed E-state index contributed by atoms with van der Waals surface area (Å²) in [5.41, 5.74) is 1.46. The van der Waals surface area contributed by atoms with Crippen molar-refractivity contribution >= 4 is 17.5 Å². The molecule has 1 amide bonds. The molecule has 5 heteroatoms. The van der Waals surface area contributed by atoms with E-state index in [1.165, 1.54) is 12.3 Å². The Labute approximate surface area is 110 Å². The molecule has 0 aliphatic heterocycles. The van der Waals surface area contributed by atoms with Crippen LogP contribution in [0.5, 0.6) is 0 Å². The second-order valence-corrected chi connectivity index (χ2v) is 4.08. The van der Waals surface area contributed by atoms with Gasteiger partial charge >= 0.3 is 0 Å². The van der Waals surface area contributed by atoms with Gasteiger partial charge in [-0.25, -0.2) is 4.98 Å². The number of hydrogen-bond acceptors (Lipinski definition) is 3. The molecule has 0 saturated carbocycles. The monoisotopic (exact) mass is 261 g/mol. The van der Waals surface area contributed by atoms with Gasteiger partial charge in [0.15, 0.2) is 0 Å². The van der Waals surface area contributed by atoms with Gasteiger partial charge in [-0.05, 0) is 24.3 Å².